The number of benzene rings is 1. The molecular formula is C17H26N2O2. The lowest BCUT2D eigenvalue weighted by atomic mass is 10.1. The van der Waals surface area contributed by atoms with Crippen molar-refractivity contribution in [1.29, 1.82) is 0 Å². The highest BCUT2D eigenvalue weighted by molar-refractivity contribution is 5.78. The lowest BCUT2D eigenvalue weighted by molar-refractivity contribution is -0.132. The number of likely N-dealkylation sites (N-methyl/N-ethyl adjacent to an activating group) is 1. The van der Waals surface area contributed by atoms with Gasteiger partial charge in [-0.25, -0.2) is 0 Å². The molecule has 21 heavy (non-hydrogen) atoms. The van der Waals surface area contributed by atoms with E-state index in [1.165, 1.54) is 5.56 Å². The first-order valence-electron chi connectivity index (χ1n) is 7.87. The van der Waals surface area contributed by atoms with Crippen molar-refractivity contribution in [2.45, 2.75) is 26.3 Å². The van der Waals surface area contributed by atoms with E-state index in [1.807, 2.05) is 30.0 Å². The van der Waals surface area contributed by atoms with Crippen LogP contribution in [0, 0.1) is 5.92 Å². The molecule has 1 unspecified atom stereocenters. The number of carbonyl (C=O) groups excluding carboxylic acids is 1. The standard InChI is InChI=1S/C17H26N2O2/c1-2-19(13-15-6-4-3-5-7-15)17(21)14-18-10-8-16(12-18)9-11-20/h3-7,16,20H,2,8-14H2,1H3. The monoisotopic (exact) mass is 290 g/mol. The van der Waals surface area contributed by atoms with Crippen LogP contribution in [0.2, 0.25) is 0 Å². The second kappa shape index (κ2) is 8.15. The number of aliphatic hydroxyl groups excluding tert-OH is 1. The van der Waals surface area contributed by atoms with Gasteiger partial charge in [-0.3, -0.25) is 9.69 Å². The third kappa shape index (κ3) is 4.83. The maximum absolute atomic E-state index is 12.4. The summed E-state index contributed by atoms with van der Waals surface area (Å²) in [6.45, 7) is 6.11. The van der Waals surface area contributed by atoms with Gasteiger partial charge in [-0.2, -0.15) is 0 Å². The van der Waals surface area contributed by atoms with Crippen molar-refractivity contribution in [3.05, 3.63) is 35.9 Å². The first kappa shape index (κ1) is 16.0. The van der Waals surface area contributed by atoms with Crippen molar-refractivity contribution in [2.75, 3.05) is 32.8 Å². The minimum absolute atomic E-state index is 0.200. The summed E-state index contributed by atoms with van der Waals surface area (Å²) < 4.78 is 0. The third-order valence-electron chi connectivity index (χ3n) is 4.22. The molecule has 1 fully saturated rings. The molecule has 1 heterocycles. The molecule has 1 atom stereocenters. The zero-order valence-corrected chi connectivity index (χ0v) is 12.9. The maximum atomic E-state index is 12.4. The minimum Gasteiger partial charge on any atom is -0.396 e. The van der Waals surface area contributed by atoms with Crippen molar-refractivity contribution in [2.24, 2.45) is 5.92 Å². The number of amides is 1. The van der Waals surface area contributed by atoms with Crippen LogP contribution in [0.5, 0.6) is 0 Å². The first-order valence-corrected chi connectivity index (χ1v) is 7.87. The number of rotatable bonds is 7. The van der Waals surface area contributed by atoms with Crippen LogP contribution in [0.4, 0.5) is 0 Å². The molecule has 1 aromatic rings. The van der Waals surface area contributed by atoms with E-state index in [0.717, 1.165) is 32.5 Å². The van der Waals surface area contributed by atoms with Gasteiger partial charge < -0.3 is 10.0 Å². The summed E-state index contributed by atoms with van der Waals surface area (Å²) in [6.07, 6.45) is 1.95. The molecule has 4 heteroatoms. The van der Waals surface area contributed by atoms with E-state index in [4.69, 9.17) is 5.11 Å². The first-order chi connectivity index (χ1) is 10.2. The zero-order chi connectivity index (χ0) is 15.1. The molecule has 1 aromatic carbocycles. The van der Waals surface area contributed by atoms with Gasteiger partial charge in [0, 0.05) is 26.2 Å². The normalized spacial score (nSPS) is 18.9. The van der Waals surface area contributed by atoms with Crippen molar-refractivity contribution in [3.8, 4) is 0 Å². The van der Waals surface area contributed by atoms with Crippen LogP contribution in [0.25, 0.3) is 0 Å². The minimum atomic E-state index is 0.200. The van der Waals surface area contributed by atoms with E-state index in [0.29, 0.717) is 19.0 Å². The molecule has 0 bridgehead atoms. The van der Waals surface area contributed by atoms with E-state index in [2.05, 4.69) is 17.0 Å². The quantitative estimate of drug-likeness (QED) is 0.832. The van der Waals surface area contributed by atoms with E-state index in [1.54, 1.807) is 0 Å². The summed E-state index contributed by atoms with van der Waals surface area (Å²) in [5.74, 6) is 0.748. The summed E-state index contributed by atoms with van der Waals surface area (Å²) >= 11 is 0. The fourth-order valence-electron chi connectivity index (χ4n) is 2.95. The average Bonchev–Trinajstić information content (AvgIpc) is 2.93. The van der Waals surface area contributed by atoms with Crippen LogP contribution in [0.1, 0.15) is 25.3 Å². The predicted molar refractivity (Wildman–Crippen MR) is 83.8 cm³/mol. The number of nitrogens with zero attached hydrogens (tertiary/aromatic N) is 2. The third-order valence-corrected chi connectivity index (χ3v) is 4.22. The van der Waals surface area contributed by atoms with Gasteiger partial charge in [-0.15, -0.1) is 0 Å². The number of aliphatic hydroxyl groups is 1. The van der Waals surface area contributed by atoms with Crippen molar-refractivity contribution >= 4 is 5.91 Å². The molecule has 0 aromatic heterocycles. The Bertz CT molecular complexity index is 436. The van der Waals surface area contributed by atoms with E-state index < -0.39 is 0 Å². The van der Waals surface area contributed by atoms with Gasteiger partial charge in [0.15, 0.2) is 0 Å². The topological polar surface area (TPSA) is 43.8 Å². The van der Waals surface area contributed by atoms with Gasteiger partial charge in [-0.05, 0) is 37.8 Å². The highest BCUT2D eigenvalue weighted by Gasteiger charge is 2.25. The molecule has 0 saturated carbocycles. The molecule has 1 N–H and O–H groups in total. The smallest absolute Gasteiger partial charge is 0.237 e. The van der Waals surface area contributed by atoms with Crippen molar-refractivity contribution in [3.63, 3.8) is 0 Å². The molecule has 4 nitrogen and oxygen atoms in total. The van der Waals surface area contributed by atoms with Crippen LogP contribution >= 0.6 is 0 Å². The molecule has 1 aliphatic rings. The fraction of sp³-hybridized carbons (Fsp3) is 0.588. The van der Waals surface area contributed by atoms with E-state index in [-0.39, 0.29) is 12.5 Å². The van der Waals surface area contributed by atoms with Crippen LogP contribution in [-0.4, -0.2) is 53.6 Å². The summed E-state index contributed by atoms with van der Waals surface area (Å²) in [5.41, 5.74) is 1.17. The number of likely N-dealkylation sites (tertiary alicyclic amines) is 1. The van der Waals surface area contributed by atoms with Gasteiger partial charge in [0.2, 0.25) is 5.91 Å². The summed E-state index contributed by atoms with van der Waals surface area (Å²) in [6, 6.07) is 10.1. The summed E-state index contributed by atoms with van der Waals surface area (Å²) in [4.78, 5) is 16.6. The Morgan fingerprint density at radius 3 is 2.81 bits per heavy atom. The predicted octanol–water partition coefficient (Wildman–Crippen LogP) is 1.74. The van der Waals surface area contributed by atoms with Crippen LogP contribution in [0.3, 0.4) is 0 Å². The Kier molecular flexibility index (Phi) is 6.21. The van der Waals surface area contributed by atoms with Crippen molar-refractivity contribution in [1.82, 2.24) is 9.80 Å². The summed E-state index contributed by atoms with van der Waals surface area (Å²) in [5, 5.41) is 8.99. The van der Waals surface area contributed by atoms with Gasteiger partial charge in [0.05, 0.1) is 6.54 Å². The Morgan fingerprint density at radius 1 is 1.38 bits per heavy atom. The Balaban J connectivity index is 1.83. The molecule has 0 radical (unpaired) electrons. The lowest BCUT2D eigenvalue weighted by Gasteiger charge is -2.24. The molecule has 0 aliphatic carbocycles. The van der Waals surface area contributed by atoms with Gasteiger partial charge in [0.1, 0.15) is 0 Å². The van der Waals surface area contributed by atoms with Crippen LogP contribution < -0.4 is 0 Å². The Labute approximate surface area is 127 Å². The molecule has 1 aliphatic heterocycles. The van der Waals surface area contributed by atoms with Gasteiger partial charge >= 0.3 is 0 Å². The van der Waals surface area contributed by atoms with Crippen molar-refractivity contribution < 1.29 is 9.90 Å². The SMILES string of the molecule is CCN(Cc1ccccc1)C(=O)CN1CCC(CCO)C1. The molecule has 1 saturated heterocycles. The number of hydrogen-bond donors (Lipinski definition) is 1. The summed E-state index contributed by atoms with van der Waals surface area (Å²) in [7, 11) is 0. The van der Waals surface area contributed by atoms with Crippen LogP contribution in [-0.2, 0) is 11.3 Å². The number of hydrogen-bond acceptors (Lipinski definition) is 3. The fourth-order valence-corrected chi connectivity index (χ4v) is 2.95. The van der Waals surface area contributed by atoms with E-state index >= 15 is 0 Å². The number of carbonyl (C=O) groups is 1. The molecular weight excluding hydrogens is 264 g/mol. The zero-order valence-electron chi connectivity index (χ0n) is 12.9. The lowest BCUT2D eigenvalue weighted by Crippen LogP contribution is -2.39. The molecule has 116 valence electrons. The average molecular weight is 290 g/mol. The van der Waals surface area contributed by atoms with Gasteiger partial charge in [-0.1, -0.05) is 30.3 Å². The van der Waals surface area contributed by atoms with Gasteiger partial charge in [0.25, 0.3) is 0 Å². The highest BCUT2D eigenvalue weighted by atomic mass is 16.3. The maximum Gasteiger partial charge on any atom is 0.237 e. The van der Waals surface area contributed by atoms with Crippen LogP contribution in [0.15, 0.2) is 30.3 Å². The second-order valence-corrected chi connectivity index (χ2v) is 5.80. The Morgan fingerprint density at radius 2 is 2.14 bits per heavy atom. The van der Waals surface area contributed by atoms with E-state index in [9.17, 15) is 4.79 Å². The largest absolute Gasteiger partial charge is 0.396 e. The molecule has 0 spiro atoms. The molecule has 1 amide bonds. The highest BCUT2D eigenvalue weighted by Crippen LogP contribution is 2.19. The molecule has 2 rings (SSSR count). The second-order valence-electron chi connectivity index (χ2n) is 5.80. The Hall–Kier alpha value is -1.39.